The van der Waals surface area contributed by atoms with Crippen molar-refractivity contribution in [1.82, 2.24) is 0 Å². The third-order valence-electron chi connectivity index (χ3n) is 4.37. The fraction of sp³-hybridized carbons (Fsp3) is 0.409. The van der Waals surface area contributed by atoms with Crippen molar-refractivity contribution >= 4 is 6.29 Å². The average Bonchev–Trinajstić information content (AvgIpc) is 2.68. The van der Waals surface area contributed by atoms with Crippen molar-refractivity contribution in [2.24, 2.45) is 0 Å². The van der Waals surface area contributed by atoms with Gasteiger partial charge in [-0.3, -0.25) is 0 Å². The Balaban J connectivity index is 1.75. The molecule has 1 unspecified atom stereocenters. The number of carbonyl (C=O) groups excluding carboxylic acids is 1. The molecule has 4 heteroatoms. The summed E-state index contributed by atoms with van der Waals surface area (Å²) in [5, 5.41) is 0. The lowest BCUT2D eigenvalue weighted by Crippen LogP contribution is -2.29. The quantitative estimate of drug-likeness (QED) is 0.413. The van der Waals surface area contributed by atoms with Crippen LogP contribution in [-0.2, 0) is 27.5 Å². The second-order valence-electron chi connectivity index (χ2n) is 6.60. The van der Waals surface area contributed by atoms with Crippen molar-refractivity contribution in [3.63, 3.8) is 0 Å². The summed E-state index contributed by atoms with van der Waals surface area (Å²) in [6, 6.07) is 17.9. The highest BCUT2D eigenvalue weighted by atomic mass is 16.5. The van der Waals surface area contributed by atoms with E-state index >= 15 is 0 Å². The van der Waals surface area contributed by atoms with Crippen LogP contribution < -0.4 is 4.74 Å². The van der Waals surface area contributed by atoms with E-state index in [0.29, 0.717) is 26.2 Å². The van der Waals surface area contributed by atoms with Crippen LogP contribution >= 0.6 is 0 Å². The summed E-state index contributed by atoms with van der Waals surface area (Å²) in [6.07, 6.45) is 2.93. The first-order valence-corrected chi connectivity index (χ1v) is 8.97. The molecule has 0 amide bonds. The van der Waals surface area contributed by atoms with Gasteiger partial charge in [0.25, 0.3) is 0 Å². The zero-order valence-corrected chi connectivity index (χ0v) is 15.6. The van der Waals surface area contributed by atoms with E-state index in [1.165, 1.54) is 5.56 Å². The molecule has 0 aliphatic rings. The van der Waals surface area contributed by atoms with Crippen molar-refractivity contribution in [2.75, 3.05) is 13.7 Å². The van der Waals surface area contributed by atoms with Gasteiger partial charge in [-0.2, -0.15) is 0 Å². The SMILES string of the molecule is COc1ccc(COC(C)(CC=O)CCCOCc2ccccc2)cc1. The molecule has 26 heavy (non-hydrogen) atoms. The largest absolute Gasteiger partial charge is 0.497 e. The molecule has 1 atom stereocenters. The highest BCUT2D eigenvalue weighted by molar-refractivity contribution is 5.51. The maximum absolute atomic E-state index is 11.1. The summed E-state index contributed by atoms with van der Waals surface area (Å²) in [7, 11) is 1.65. The minimum absolute atomic E-state index is 0.377. The van der Waals surface area contributed by atoms with Gasteiger partial charge in [0.2, 0.25) is 0 Å². The van der Waals surface area contributed by atoms with E-state index < -0.39 is 5.60 Å². The molecule has 0 heterocycles. The fourth-order valence-electron chi connectivity index (χ4n) is 2.70. The topological polar surface area (TPSA) is 44.8 Å². The van der Waals surface area contributed by atoms with Crippen molar-refractivity contribution in [3.8, 4) is 5.75 Å². The van der Waals surface area contributed by atoms with Crippen LogP contribution in [0.25, 0.3) is 0 Å². The van der Waals surface area contributed by atoms with Gasteiger partial charge in [-0.1, -0.05) is 42.5 Å². The third kappa shape index (κ3) is 6.98. The lowest BCUT2D eigenvalue weighted by molar-refractivity contribution is -0.117. The molecule has 0 bridgehead atoms. The Morgan fingerprint density at radius 3 is 2.31 bits per heavy atom. The molecule has 0 N–H and O–H groups in total. The summed E-state index contributed by atoms with van der Waals surface area (Å²) in [5.41, 5.74) is 1.75. The van der Waals surface area contributed by atoms with Gasteiger partial charge < -0.3 is 19.0 Å². The number of methoxy groups -OCH3 is 1. The minimum atomic E-state index is -0.474. The summed E-state index contributed by atoms with van der Waals surface area (Å²) in [5.74, 6) is 0.819. The van der Waals surface area contributed by atoms with Crippen molar-refractivity contribution in [1.29, 1.82) is 0 Å². The molecule has 2 rings (SSSR count). The normalized spacial score (nSPS) is 13.2. The Morgan fingerprint density at radius 1 is 0.962 bits per heavy atom. The number of aldehydes is 1. The van der Waals surface area contributed by atoms with E-state index in [1.807, 2.05) is 49.4 Å². The number of hydrogen-bond acceptors (Lipinski definition) is 4. The van der Waals surface area contributed by atoms with Gasteiger partial charge in [-0.25, -0.2) is 0 Å². The molecule has 0 aliphatic carbocycles. The predicted octanol–water partition coefficient (Wildman–Crippen LogP) is 4.56. The number of hydrogen-bond donors (Lipinski definition) is 0. The predicted molar refractivity (Wildman–Crippen MR) is 102 cm³/mol. The van der Waals surface area contributed by atoms with E-state index in [2.05, 4.69) is 12.1 Å². The van der Waals surface area contributed by atoms with Crippen molar-refractivity contribution < 1.29 is 19.0 Å². The van der Waals surface area contributed by atoms with Gasteiger partial charge in [-0.05, 0) is 43.0 Å². The number of rotatable bonds is 12. The van der Waals surface area contributed by atoms with E-state index in [9.17, 15) is 4.79 Å². The summed E-state index contributed by atoms with van der Waals surface area (Å²) < 4.78 is 17.0. The van der Waals surface area contributed by atoms with Crippen LogP contribution in [-0.4, -0.2) is 25.6 Å². The maximum atomic E-state index is 11.1. The Kier molecular flexibility index (Phi) is 8.32. The maximum Gasteiger partial charge on any atom is 0.122 e. The Bertz CT molecular complexity index is 639. The summed E-state index contributed by atoms with van der Waals surface area (Å²) in [4.78, 5) is 11.1. The highest BCUT2D eigenvalue weighted by Crippen LogP contribution is 2.24. The van der Waals surface area contributed by atoms with Gasteiger partial charge in [0.05, 0.1) is 25.9 Å². The lowest BCUT2D eigenvalue weighted by Gasteiger charge is -2.28. The summed E-state index contributed by atoms with van der Waals surface area (Å²) >= 11 is 0. The molecule has 0 aromatic heterocycles. The van der Waals surface area contributed by atoms with E-state index in [4.69, 9.17) is 14.2 Å². The van der Waals surface area contributed by atoms with E-state index in [-0.39, 0.29) is 0 Å². The first-order valence-electron chi connectivity index (χ1n) is 8.97. The van der Waals surface area contributed by atoms with Crippen LogP contribution in [0.1, 0.15) is 37.3 Å². The fourth-order valence-corrected chi connectivity index (χ4v) is 2.70. The smallest absolute Gasteiger partial charge is 0.122 e. The molecule has 0 fully saturated rings. The van der Waals surface area contributed by atoms with Gasteiger partial charge >= 0.3 is 0 Å². The Morgan fingerprint density at radius 2 is 1.65 bits per heavy atom. The molecule has 0 saturated carbocycles. The first-order chi connectivity index (χ1) is 12.6. The molecule has 0 aliphatic heterocycles. The Labute approximate surface area is 156 Å². The van der Waals surface area contributed by atoms with Crippen LogP contribution in [0.5, 0.6) is 5.75 Å². The molecular formula is C22H28O4. The number of carbonyl (C=O) groups is 1. The zero-order chi connectivity index (χ0) is 18.7. The van der Waals surface area contributed by atoms with Crippen LogP contribution in [0.4, 0.5) is 0 Å². The van der Waals surface area contributed by atoms with Gasteiger partial charge in [-0.15, -0.1) is 0 Å². The van der Waals surface area contributed by atoms with Gasteiger partial charge in [0, 0.05) is 13.0 Å². The minimum Gasteiger partial charge on any atom is -0.497 e. The molecule has 2 aromatic carbocycles. The molecule has 0 saturated heterocycles. The first kappa shape index (κ1) is 20.1. The van der Waals surface area contributed by atoms with E-state index in [1.54, 1.807) is 7.11 Å². The van der Waals surface area contributed by atoms with Crippen LogP contribution in [0.3, 0.4) is 0 Å². The molecule has 4 nitrogen and oxygen atoms in total. The monoisotopic (exact) mass is 356 g/mol. The number of benzene rings is 2. The third-order valence-corrected chi connectivity index (χ3v) is 4.37. The van der Waals surface area contributed by atoms with Crippen molar-refractivity contribution in [3.05, 3.63) is 65.7 Å². The average molecular weight is 356 g/mol. The standard InChI is InChI=1S/C22H28O4/c1-22(14-15-23,26-18-20-9-11-21(24-2)12-10-20)13-6-16-25-17-19-7-4-3-5-8-19/h3-5,7-12,15H,6,13-14,16-18H2,1-2H3. The highest BCUT2D eigenvalue weighted by Gasteiger charge is 2.24. The molecule has 140 valence electrons. The van der Waals surface area contributed by atoms with Crippen LogP contribution in [0.2, 0.25) is 0 Å². The summed E-state index contributed by atoms with van der Waals surface area (Å²) in [6.45, 7) is 3.72. The molecule has 0 spiro atoms. The zero-order valence-electron chi connectivity index (χ0n) is 15.6. The molecule has 0 radical (unpaired) electrons. The van der Waals surface area contributed by atoms with E-state index in [0.717, 1.165) is 30.4 Å². The van der Waals surface area contributed by atoms with Crippen molar-refractivity contribution in [2.45, 2.75) is 45.0 Å². The van der Waals surface area contributed by atoms with Gasteiger partial charge in [0.1, 0.15) is 12.0 Å². The van der Waals surface area contributed by atoms with Crippen LogP contribution in [0.15, 0.2) is 54.6 Å². The second kappa shape index (κ2) is 10.7. The number of ether oxygens (including phenoxy) is 3. The Hall–Kier alpha value is -2.17. The molecule has 2 aromatic rings. The second-order valence-corrected chi connectivity index (χ2v) is 6.60. The lowest BCUT2D eigenvalue weighted by atomic mass is 9.96. The van der Waals surface area contributed by atoms with Gasteiger partial charge in [0.15, 0.2) is 0 Å². The van der Waals surface area contributed by atoms with Crippen LogP contribution in [0, 0.1) is 0 Å². The molecular weight excluding hydrogens is 328 g/mol.